The van der Waals surface area contributed by atoms with Gasteiger partial charge in [-0.15, -0.1) is 0 Å². The molecule has 30 heavy (non-hydrogen) atoms. The number of carbonyl (C=O) groups excluding carboxylic acids is 1. The second-order valence-corrected chi connectivity index (χ2v) is 6.79. The van der Waals surface area contributed by atoms with Crippen LogP contribution < -0.4 is 10.1 Å². The maximum absolute atomic E-state index is 12.4. The van der Waals surface area contributed by atoms with Crippen LogP contribution in [0.1, 0.15) is 23.6 Å². The second-order valence-electron chi connectivity index (χ2n) is 6.79. The van der Waals surface area contributed by atoms with Crippen LogP contribution in [-0.4, -0.2) is 35.2 Å². The molecule has 0 bridgehead atoms. The van der Waals surface area contributed by atoms with Crippen molar-refractivity contribution in [3.63, 3.8) is 0 Å². The van der Waals surface area contributed by atoms with Crippen LogP contribution in [-0.2, 0) is 11.2 Å². The van der Waals surface area contributed by atoms with Crippen LogP contribution in [0.5, 0.6) is 5.88 Å². The van der Waals surface area contributed by atoms with E-state index in [1.807, 2.05) is 48.5 Å². The smallest absolute Gasteiger partial charge is 0.246 e. The van der Waals surface area contributed by atoms with E-state index in [4.69, 9.17) is 4.74 Å². The van der Waals surface area contributed by atoms with Crippen molar-refractivity contribution in [2.45, 2.75) is 13.3 Å². The highest BCUT2D eigenvalue weighted by Gasteiger charge is 2.18. The Hall–Kier alpha value is -3.80. The van der Waals surface area contributed by atoms with E-state index in [0.717, 1.165) is 40.1 Å². The van der Waals surface area contributed by atoms with E-state index in [2.05, 4.69) is 33.3 Å². The molecule has 2 aromatic heterocycles. The standard InChI is InChI=1S/C24H22N4O2/c1-3-17-18(20-9-4-5-11-25-20)7-6-8-19(17)22-14-21(27-15-23(29)28-22)16-10-12-26-24(13-16)30-2/h4-14H,3,15H2,1-2H3,(H,28,29). The van der Waals surface area contributed by atoms with Crippen molar-refractivity contribution in [1.29, 1.82) is 0 Å². The molecule has 150 valence electrons. The van der Waals surface area contributed by atoms with Gasteiger partial charge in [0.1, 0.15) is 6.54 Å². The molecule has 1 amide bonds. The van der Waals surface area contributed by atoms with Crippen molar-refractivity contribution in [2.75, 3.05) is 13.7 Å². The normalized spacial score (nSPS) is 13.7. The van der Waals surface area contributed by atoms with E-state index >= 15 is 0 Å². The monoisotopic (exact) mass is 398 g/mol. The Morgan fingerprint density at radius 1 is 1.03 bits per heavy atom. The molecular formula is C24H22N4O2. The molecule has 0 saturated heterocycles. The van der Waals surface area contributed by atoms with E-state index < -0.39 is 0 Å². The predicted molar refractivity (Wildman–Crippen MR) is 117 cm³/mol. The minimum absolute atomic E-state index is 0.0569. The third kappa shape index (κ3) is 3.98. The first-order valence-electron chi connectivity index (χ1n) is 9.79. The van der Waals surface area contributed by atoms with Gasteiger partial charge in [0.15, 0.2) is 0 Å². The van der Waals surface area contributed by atoms with Crippen LogP contribution >= 0.6 is 0 Å². The molecule has 0 aliphatic carbocycles. The Labute approximate surface area is 175 Å². The van der Waals surface area contributed by atoms with Gasteiger partial charge in [0.25, 0.3) is 0 Å². The van der Waals surface area contributed by atoms with Crippen molar-refractivity contribution < 1.29 is 9.53 Å². The average Bonchev–Trinajstić information content (AvgIpc) is 3.00. The highest BCUT2D eigenvalue weighted by atomic mass is 16.5. The van der Waals surface area contributed by atoms with Gasteiger partial charge in [-0.3, -0.25) is 14.8 Å². The lowest BCUT2D eigenvalue weighted by atomic mass is 9.93. The zero-order chi connectivity index (χ0) is 20.9. The number of benzene rings is 1. The first kappa shape index (κ1) is 19.5. The molecular weight excluding hydrogens is 376 g/mol. The van der Waals surface area contributed by atoms with Crippen LogP contribution in [0.4, 0.5) is 0 Å². The molecule has 0 spiro atoms. The van der Waals surface area contributed by atoms with Crippen LogP contribution in [0, 0.1) is 0 Å². The number of rotatable bonds is 5. The maximum atomic E-state index is 12.4. The van der Waals surface area contributed by atoms with Gasteiger partial charge in [0, 0.05) is 35.2 Å². The molecule has 1 aliphatic heterocycles. The summed E-state index contributed by atoms with van der Waals surface area (Å²) in [5.41, 5.74) is 6.32. The van der Waals surface area contributed by atoms with Gasteiger partial charge < -0.3 is 10.1 Å². The Morgan fingerprint density at radius 3 is 2.67 bits per heavy atom. The number of ether oxygens (including phenoxy) is 1. The number of methoxy groups -OCH3 is 1. The summed E-state index contributed by atoms with van der Waals surface area (Å²) in [5.74, 6) is 0.350. The predicted octanol–water partition coefficient (Wildman–Crippen LogP) is 3.67. The zero-order valence-electron chi connectivity index (χ0n) is 16.9. The van der Waals surface area contributed by atoms with Crippen molar-refractivity contribution in [3.05, 3.63) is 83.7 Å². The fraction of sp³-hybridized carbons (Fsp3) is 0.167. The minimum Gasteiger partial charge on any atom is -0.481 e. The van der Waals surface area contributed by atoms with E-state index in [1.165, 1.54) is 0 Å². The lowest BCUT2D eigenvalue weighted by molar-refractivity contribution is -0.118. The molecule has 0 saturated carbocycles. The average molecular weight is 398 g/mol. The maximum Gasteiger partial charge on any atom is 0.246 e. The molecule has 0 fully saturated rings. The van der Waals surface area contributed by atoms with Crippen molar-refractivity contribution in [3.8, 4) is 17.1 Å². The van der Waals surface area contributed by atoms with Gasteiger partial charge in [-0.1, -0.05) is 31.2 Å². The third-order valence-corrected chi connectivity index (χ3v) is 4.95. The Balaban J connectivity index is 1.83. The topological polar surface area (TPSA) is 76.5 Å². The van der Waals surface area contributed by atoms with E-state index in [9.17, 15) is 4.79 Å². The number of hydrogen-bond acceptors (Lipinski definition) is 5. The number of nitrogens with one attached hydrogen (secondary N) is 1. The van der Waals surface area contributed by atoms with Crippen LogP contribution in [0.15, 0.2) is 72.0 Å². The van der Waals surface area contributed by atoms with Crippen molar-refractivity contribution in [2.24, 2.45) is 4.99 Å². The molecule has 3 aromatic rings. The Bertz CT molecular complexity index is 1140. The third-order valence-electron chi connectivity index (χ3n) is 4.95. The summed E-state index contributed by atoms with van der Waals surface area (Å²) in [4.78, 5) is 25.6. The highest BCUT2D eigenvalue weighted by Crippen LogP contribution is 2.29. The molecule has 1 aromatic carbocycles. The van der Waals surface area contributed by atoms with E-state index in [0.29, 0.717) is 11.6 Å². The van der Waals surface area contributed by atoms with Crippen LogP contribution in [0.3, 0.4) is 0 Å². The van der Waals surface area contributed by atoms with Gasteiger partial charge in [0.05, 0.1) is 24.2 Å². The molecule has 0 unspecified atom stereocenters. The van der Waals surface area contributed by atoms with E-state index in [-0.39, 0.29) is 12.5 Å². The number of allylic oxidation sites excluding steroid dienone is 1. The highest BCUT2D eigenvalue weighted by molar-refractivity contribution is 6.15. The molecule has 3 heterocycles. The quantitative estimate of drug-likeness (QED) is 0.711. The summed E-state index contributed by atoms with van der Waals surface area (Å²) < 4.78 is 5.23. The number of aliphatic imine (C=N–C) groups is 1. The summed E-state index contributed by atoms with van der Waals surface area (Å²) in [6, 6.07) is 15.6. The number of nitrogens with zero attached hydrogens (tertiary/aromatic N) is 3. The first-order chi connectivity index (χ1) is 14.7. The van der Waals surface area contributed by atoms with Gasteiger partial charge in [-0.25, -0.2) is 4.98 Å². The van der Waals surface area contributed by atoms with Crippen molar-refractivity contribution in [1.82, 2.24) is 15.3 Å². The molecule has 6 nitrogen and oxygen atoms in total. The lowest BCUT2D eigenvalue weighted by Gasteiger charge is -2.16. The van der Waals surface area contributed by atoms with Gasteiger partial charge >= 0.3 is 0 Å². The molecule has 1 N–H and O–H groups in total. The fourth-order valence-corrected chi connectivity index (χ4v) is 3.55. The zero-order valence-corrected chi connectivity index (χ0v) is 16.9. The molecule has 0 atom stereocenters. The first-order valence-corrected chi connectivity index (χ1v) is 9.79. The number of aromatic nitrogens is 2. The van der Waals surface area contributed by atoms with Gasteiger partial charge in [-0.05, 0) is 36.3 Å². The summed E-state index contributed by atoms with van der Waals surface area (Å²) in [5, 5.41) is 3.02. The van der Waals surface area contributed by atoms with Gasteiger partial charge in [0.2, 0.25) is 11.8 Å². The van der Waals surface area contributed by atoms with Gasteiger partial charge in [-0.2, -0.15) is 0 Å². The molecule has 6 heteroatoms. The summed E-state index contributed by atoms with van der Waals surface area (Å²) in [6.07, 6.45) is 6.17. The van der Waals surface area contributed by atoms with Crippen LogP contribution in [0.2, 0.25) is 0 Å². The number of hydrogen-bond donors (Lipinski definition) is 1. The summed E-state index contributed by atoms with van der Waals surface area (Å²) >= 11 is 0. The molecule has 4 rings (SSSR count). The van der Waals surface area contributed by atoms with Crippen molar-refractivity contribution >= 4 is 17.3 Å². The largest absolute Gasteiger partial charge is 0.481 e. The lowest BCUT2D eigenvalue weighted by Crippen LogP contribution is -2.23. The number of amides is 1. The number of pyridine rings is 2. The minimum atomic E-state index is -0.150. The number of carbonyl (C=O) groups is 1. The summed E-state index contributed by atoms with van der Waals surface area (Å²) in [6.45, 7) is 2.16. The Kier molecular flexibility index (Phi) is 5.66. The Morgan fingerprint density at radius 2 is 1.90 bits per heavy atom. The fourth-order valence-electron chi connectivity index (χ4n) is 3.55. The molecule has 0 radical (unpaired) electrons. The SMILES string of the molecule is CCc1c(C2=CC(c3ccnc(OC)c3)=NCC(=O)N2)cccc1-c1ccccn1. The van der Waals surface area contributed by atoms with Crippen LogP contribution in [0.25, 0.3) is 17.0 Å². The van der Waals surface area contributed by atoms with E-state index in [1.54, 1.807) is 19.5 Å². The molecule has 1 aliphatic rings. The summed E-state index contributed by atoms with van der Waals surface area (Å²) in [7, 11) is 1.57. The second kappa shape index (κ2) is 8.69.